The SMILES string of the molecule is CCCCCCCCN(c1ccc(C#N)cc1)S(=O)(=O)c1ccc(C)cc1. The van der Waals surface area contributed by atoms with E-state index in [2.05, 4.69) is 13.0 Å². The highest BCUT2D eigenvalue weighted by atomic mass is 32.2. The number of rotatable bonds is 10. The van der Waals surface area contributed by atoms with E-state index in [9.17, 15) is 8.42 Å². The normalized spacial score (nSPS) is 11.1. The number of aryl methyl sites for hydroxylation is 1. The number of nitrogens with zero attached hydrogens (tertiary/aromatic N) is 2. The molecule has 0 atom stereocenters. The molecule has 0 radical (unpaired) electrons. The van der Waals surface area contributed by atoms with Crippen LogP contribution in [0.1, 0.15) is 56.6 Å². The second kappa shape index (κ2) is 10.1. The van der Waals surface area contributed by atoms with Gasteiger partial charge in [0.25, 0.3) is 10.0 Å². The fraction of sp³-hybridized carbons (Fsp3) is 0.409. The maximum absolute atomic E-state index is 13.2. The predicted molar refractivity (Wildman–Crippen MR) is 110 cm³/mol. The molecule has 0 saturated heterocycles. The van der Waals surface area contributed by atoms with Crippen LogP contribution in [0.2, 0.25) is 0 Å². The molecular formula is C22H28N2O2S. The highest BCUT2D eigenvalue weighted by Crippen LogP contribution is 2.25. The number of unbranched alkanes of at least 4 members (excludes halogenated alkanes) is 5. The summed E-state index contributed by atoms with van der Waals surface area (Å²) in [6.45, 7) is 4.56. The third-order valence-electron chi connectivity index (χ3n) is 4.61. The van der Waals surface area contributed by atoms with Gasteiger partial charge in [-0.15, -0.1) is 0 Å². The summed E-state index contributed by atoms with van der Waals surface area (Å²) in [6.07, 6.45) is 6.56. The number of nitriles is 1. The van der Waals surface area contributed by atoms with Crippen molar-refractivity contribution in [3.63, 3.8) is 0 Å². The van der Waals surface area contributed by atoms with Gasteiger partial charge in [-0.1, -0.05) is 56.7 Å². The van der Waals surface area contributed by atoms with Gasteiger partial charge >= 0.3 is 0 Å². The van der Waals surface area contributed by atoms with Crippen LogP contribution in [0.3, 0.4) is 0 Å². The number of hydrogen-bond donors (Lipinski definition) is 0. The van der Waals surface area contributed by atoms with Gasteiger partial charge in [0, 0.05) is 6.54 Å². The molecule has 0 bridgehead atoms. The monoisotopic (exact) mass is 384 g/mol. The zero-order valence-corrected chi connectivity index (χ0v) is 17.0. The Labute approximate surface area is 163 Å². The summed E-state index contributed by atoms with van der Waals surface area (Å²) >= 11 is 0. The minimum atomic E-state index is -3.64. The fourth-order valence-electron chi connectivity index (χ4n) is 2.96. The van der Waals surface area contributed by atoms with Crippen molar-refractivity contribution in [2.45, 2.75) is 57.3 Å². The minimum absolute atomic E-state index is 0.295. The van der Waals surface area contributed by atoms with E-state index >= 15 is 0 Å². The quantitative estimate of drug-likeness (QED) is 0.514. The van der Waals surface area contributed by atoms with Crippen molar-refractivity contribution in [3.8, 4) is 6.07 Å². The van der Waals surface area contributed by atoms with Crippen LogP contribution in [0.5, 0.6) is 0 Å². The largest absolute Gasteiger partial charge is 0.266 e. The van der Waals surface area contributed by atoms with E-state index in [4.69, 9.17) is 5.26 Å². The molecule has 144 valence electrons. The third-order valence-corrected chi connectivity index (χ3v) is 6.45. The van der Waals surface area contributed by atoms with Crippen LogP contribution in [0.25, 0.3) is 0 Å². The highest BCUT2D eigenvalue weighted by Gasteiger charge is 2.24. The molecule has 0 aliphatic carbocycles. The summed E-state index contributed by atoms with van der Waals surface area (Å²) in [6, 6.07) is 15.8. The summed E-state index contributed by atoms with van der Waals surface area (Å²) in [5, 5.41) is 8.99. The Hall–Kier alpha value is -2.32. The molecule has 0 saturated carbocycles. The first-order valence-electron chi connectivity index (χ1n) is 9.58. The highest BCUT2D eigenvalue weighted by molar-refractivity contribution is 7.92. The smallest absolute Gasteiger partial charge is 0.264 e. The molecule has 0 amide bonds. The maximum Gasteiger partial charge on any atom is 0.264 e. The summed E-state index contributed by atoms with van der Waals surface area (Å²) in [5.41, 5.74) is 2.14. The Morgan fingerprint density at radius 1 is 0.889 bits per heavy atom. The zero-order chi connectivity index (χ0) is 19.7. The molecule has 0 aliphatic rings. The van der Waals surface area contributed by atoms with Crippen molar-refractivity contribution in [1.82, 2.24) is 0 Å². The van der Waals surface area contributed by atoms with E-state index in [1.807, 2.05) is 19.1 Å². The van der Waals surface area contributed by atoms with E-state index in [0.717, 1.165) is 24.8 Å². The van der Waals surface area contributed by atoms with E-state index < -0.39 is 10.0 Å². The molecule has 5 heteroatoms. The van der Waals surface area contributed by atoms with E-state index in [0.29, 0.717) is 22.7 Å². The van der Waals surface area contributed by atoms with E-state index in [-0.39, 0.29) is 0 Å². The van der Waals surface area contributed by atoms with Crippen molar-refractivity contribution in [1.29, 1.82) is 5.26 Å². The van der Waals surface area contributed by atoms with Gasteiger partial charge in [-0.25, -0.2) is 8.42 Å². The van der Waals surface area contributed by atoms with Gasteiger partial charge in [-0.05, 0) is 49.7 Å². The molecule has 4 nitrogen and oxygen atoms in total. The molecule has 27 heavy (non-hydrogen) atoms. The molecule has 0 heterocycles. The standard InChI is InChI=1S/C22H28N2O2S/c1-3-4-5-6-7-8-17-24(21-13-11-20(18-23)12-14-21)27(25,26)22-15-9-19(2)10-16-22/h9-16H,3-8,17H2,1-2H3. The van der Waals surface area contributed by atoms with Crippen LogP contribution in [0.15, 0.2) is 53.4 Å². The lowest BCUT2D eigenvalue weighted by molar-refractivity contribution is 0.580. The van der Waals surface area contributed by atoms with Gasteiger partial charge in [0.1, 0.15) is 0 Å². The summed E-state index contributed by atoms with van der Waals surface area (Å²) in [4.78, 5) is 0.295. The molecule has 2 aromatic rings. The van der Waals surface area contributed by atoms with Crippen LogP contribution in [0.4, 0.5) is 5.69 Å². The first-order chi connectivity index (χ1) is 13.0. The Bertz CT molecular complexity index is 851. The Balaban J connectivity index is 2.22. The number of sulfonamides is 1. The van der Waals surface area contributed by atoms with E-state index in [1.165, 1.54) is 23.6 Å². The first-order valence-corrected chi connectivity index (χ1v) is 11.0. The second-order valence-electron chi connectivity index (χ2n) is 6.82. The maximum atomic E-state index is 13.2. The molecule has 0 fully saturated rings. The molecule has 2 aromatic carbocycles. The Kier molecular flexibility index (Phi) is 7.87. The van der Waals surface area contributed by atoms with Crippen LogP contribution in [0, 0.1) is 18.3 Å². The van der Waals surface area contributed by atoms with Crippen molar-refractivity contribution < 1.29 is 8.42 Å². The lowest BCUT2D eigenvalue weighted by Gasteiger charge is -2.25. The second-order valence-corrected chi connectivity index (χ2v) is 8.68. The van der Waals surface area contributed by atoms with Crippen molar-refractivity contribution >= 4 is 15.7 Å². The van der Waals surface area contributed by atoms with E-state index in [1.54, 1.807) is 36.4 Å². The lowest BCUT2D eigenvalue weighted by Crippen LogP contribution is -2.32. The van der Waals surface area contributed by atoms with Gasteiger partial charge in [0.05, 0.1) is 22.2 Å². The van der Waals surface area contributed by atoms with Crippen molar-refractivity contribution in [2.75, 3.05) is 10.8 Å². The van der Waals surface area contributed by atoms with Gasteiger partial charge in [-0.3, -0.25) is 4.31 Å². The summed E-state index contributed by atoms with van der Waals surface area (Å²) in [7, 11) is -3.64. The topological polar surface area (TPSA) is 61.2 Å². The molecule has 0 aromatic heterocycles. The third kappa shape index (κ3) is 5.83. The molecule has 0 aliphatic heterocycles. The Morgan fingerprint density at radius 3 is 2.07 bits per heavy atom. The molecule has 0 N–H and O–H groups in total. The first kappa shape index (κ1) is 21.0. The van der Waals surface area contributed by atoms with Gasteiger partial charge in [0.15, 0.2) is 0 Å². The average molecular weight is 385 g/mol. The number of benzene rings is 2. The molecule has 2 rings (SSSR count). The summed E-state index contributed by atoms with van der Waals surface area (Å²) in [5.74, 6) is 0. The van der Waals surface area contributed by atoms with Crippen LogP contribution in [-0.2, 0) is 10.0 Å². The summed E-state index contributed by atoms with van der Waals surface area (Å²) < 4.78 is 27.9. The van der Waals surface area contributed by atoms with Crippen LogP contribution in [-0.4, -0.2) is 15.0 Å². The number of hydrogen-bond acceptors (Lipinski definition) is 3. The number of anilines is 1. The predicted octanol–water partition coefficient (Wildman–Crippen LogP) is 5.42. The van der Waals surface area contributed by atoms with Crippen molar-refractivity contribution in [3.05, 3.63) is 59.7 Å². The average Bonchev–Trinajstić information content (AvgIpc) is 2.68. The fourth-order valence-corrected chi connectivity index (χ4v) is 4.47. The van der Waals surface area contributed by atoms with Gasteiger partial charge < -0.3 is 0 Å². The van der Waals surface area contributed by atoms with Crippen molar-refractivity contribution in [2.24, 2.45) is 0 Å². The Morgan fingerprint density at radius 2 is 1.48 bits per heavy atom. The molecule has 0 spiro atoms. The zero-order valence-electron chi connectivity index (χ0n) is 16.2. The van der Waals surface area contributed by atoms with Gasteiger partial charge in [-0.2, -0.15) is 5.26 Å². The lowest BCUT2D eigenvalue weighted by atomic mass is 10.1. The van der Waals surface area contributed by atoms with Crippen LogP contribution < -0.4 is 4.31 Å². The minimum Gasteiger partial charge on any atom is -0.266 e. The van der Waals surface area contributed by atoms with Gasteiger partial charge in [0.2, 0.25) is 0 Å². The molecular weight excluding hydrogens is 356 g/mol. The van der Waals surface area contributed by atoms with Crippen LogP contribution >= 0.6 is 0 Å². The molecule has 0 unspecified atom stereocenters.